The Labute approximate surface area is 85.4 Å². The van der Waals surface area contributed by atoms with Crippen LogP contribution < -0.4 is 0 Å². The van der Waals surface area contributed by atoms with E-state index in [1.54, 1.807) is 5.51 Å². The Kier molecular flexibility index (Phi) is 2.65. The van der Waals surface area contributed by atoms with Crippen molar-refractivity contribution in [2.45, 2.75) is 6.42 Å². The number of hydrogen-bond donors (Lipinski definition) is 0. The summed E-state index contributed by atoms with van der Waals surface area (Å²) in [6.07, 6.45) is 0.342. The van der Waals surface area contributed by atoms with Gasteiger partial charge >= 0.3 is 0 Å². The zero-order valence-corrected chi connectivity index (χ0v) is 8.20. The molecule has 0 amide bonds. The second-order valence-corrected chi connectivity index (χ2v) is 3.72. The number of aromatic nitrogens is 2. The van der Waals surface area contributed by atoms with Crippen LogP contribution in [-0.4, -0.2) is 16.0 Å². The van der Waals surface area contributed by atoms with E-state index >= 15 is 0 Å². The molecule has 0 aliphatic heterocycles. The lowest BCUT2D eigenvalue weighted by molar-refractivity contribution is 0.0992. The summed E-state index contributed by atoms with van der Waals surface area (Å²) in [5.41, 5.74) is 2.36. The van der Waals surface area contributed by atoms with Gasteiger partial charge in [0, 0.05) is 5.56 Å². The Bertz CT molecular complexity index is 411. The number of carbonyl (C=O) groups is 1. The average molecular weight is 204 g/mol. The molecule has 0 aliphatic rings. The second-order valence-electron chi connectivity index (χ2n) is 2.80. The van der Waals surface area contributed by atoms with E-state index in [1.807, 2.05) is 30.3 Å². The van der Waals surface area contributed by atoms with Crippen LogP contribution in [0.4, 0.5) is 0 Å². The molecule has 3 nitrogen and oxygen atoms in total. The molecule has 0 saturated heterocycles. The molecular weight excluding hydrogens is 196 g/mol. The first-order valence-corrected chi connectivity index (χ1v) is 5.07. The fourth-order valence-corrected chi connectivity index (χ4v) is 1.66. The summed E-state index contributed by atoms with van der Waals surface area (Å²) in [4.78, 5) is 11.7. The molecule has 0 aliphatic carbocycles. The second kappa shape index (κ2) is 4.11. The van der Waals surface area contributed by atoms with Crippen molar-refractivity contribution in [2.24, 2.45) is 0 Å². The molecule has 1 aromatic carbocycles. The number of benzene rings is 1. The van der Waals surface area contributed by atoms with Gasteiger partial charge < -0.3 is 0 Å². The van der Waals surface area contributed by atoms with E-state index in [4.69, 9.17) is 0 Å². The van der Waals surface area contributed by atoms with Gasteiger partial charge in [0.1, 0.15) is 10.5 Å². The van der Waals surface area contributed by atoms with Gasteiger partial charge in [-0.2, -0.15) is 0 Å². The van der Waals surface area contributed by atoms with Gasteiger partial charge in [0.05, 0.1) is 6.42 Å². The van der Waals surface area contributed by atoms with Crippen LogP contribution in [-0.2, 0) is 6.42 Å². The van der Waals surface area contributed by atoms with Crippen molar-refractivity contribution in [1.29, 1.82) is 0 Å². The third kappa shape index (κ3) is 2.03. The van der Waals surface area contributed by atoms with Crippen molar-refractivity contribution in [3.63, 3.8) is 0 Å². The number of rotatable bonds is 3. The van der Waals surface area contributed by atoms with Crippen LogP contribution in [0.25, 0.3) is 0 Å². The van der Waals surface area contributed by atoms with Gasteiger partial charge in [-0.1, -0.05) is 30.3 Å². The summed E-state index contributed by atoms with van der Waals surface area (Å²) >= 11 is 1.40. The smallest absolute Gasteiger partial charge is 0.169 e. The first-order valence-electron chi connectivity index (χ1n) is 4.19. The molecule has 0 saturated carbocycles. The van der Waals surface area contributed by atoms with E-state index in [0.717, 1.165) is 10.6 Å². The topological polar surface area (TPSA) is 42.9 Å². The zero-order valence-electron chi connectivity index (χ0n) is 7.38. The van der Waals surface area contributed by atoms with E-state index in [1.165, 1.54) is 11.3 Å². The summed E-state index contributed by atoms with van der Waals surface area (Å²) in [6.45, 7) is 0. The first-order chi connectivity index (χ1) is 6.86. The van der Waals surface area contributed by atoms with Crippen molar-refractivity contribution >= 4 is 17.1 Å². The molecule has 0 radical (unpaired) electrons. The average Bonchev–Trinajstić information content (AvgIpc) is 2.72. The van der Waals surface area contributed by atoms with Crippen molar-refractivity contribution in [2.75, 3.05) is 0 Å². The van der Waals surface area contributed by atoms with Gasteiger partial charge in [0.25, 0.3) is 0 Å². The molecule has 0 fully saturated rings. The molecule has 1 heterocycles. The maximum atomic E-state index is 11.7. The first kappa shape index (κ1) is 9.02. The van der Waals surface area contributed by atoms with E-state index < -0.39 is 0 Å². The molecule has 0 spiro atoms. The number of carbonyl (C=O) groups excluding carboxylic acids is 1. The van der Waals surface area contributed by atoms with Crippen LogP contribution in [0, 0.1) is 0 Å². The summed E-state index contributed by atoms with van der Waals surface area (Å²) in [6, 6.07) is 9.22. The van der Waals surface area contributed by atoms with Crippen LogP contribution in [0.5, 0.6) is 0 Å². The van der Waals surface area contributed by atoms with Crippen LogP contribution in [0.1, 0.15) is 15.4 Å². The molecule has 2 aromatic rings. The lowest BCUT2D eigenvalue weighted by Gasteiger charge is -1.96. The largest absolute Gasteiger partial charge is 0.294 e. The van der Waals surface area contributed by atoms with Gasteiger partial charge in [0.2, 0.25) is 0 Å². The lowest BCUT2D eigenvalue weighted by Crippen LogP contribution is -2.02. The van der Waals surface area contributed by atoms with E-state index in [0.29, 0.717) is 6.42 Å². The molecule has 0 bridgehead atoms. The molecule has 2 rings (SSSR count). The Morgan fingerprint density at radius 2 is 2.07 bits per heavy atom. The lowest BCUT2D eigenvalue weighted by atomic mass is 10.1. The SMILES string of the molecule is O=C(Cc1nncs1)c1ccccc1. The summed E-state index contributed by atoms with van der Waals surface area (Å²) < 4.78 is 0. The normalized spacial score (nSPS) is 10.0. The minimum Gasteiger partial charge on any atom is -0.294 e. The van der Waals surface area contributed by atoms with Crippen LogP contribution >= 0.6 is 11.3 Å². The zero-order chi connectivity index (χ0) is 9.80. The molecule has 1 aromatic heterocycles. The Morgan fingerprint density at radius 3 is 2.71 bits per heavy atom. The van der Waals surface area contributed by atoms with Crippen molar-refractivity contribution in [3.8, 4) is 0 Å². The van der Waals surface area contributed by atoms with Gasteiger partial charge in [-0.3, -0.25) is 4.79 Å². The highest BCUT2D eigenvalue weighted by Crippen LogP contribution is 2.08. The van der Waals surface area contributed by atoms with Crippen molar-refractivity contribution < 1.29 is 4.79 Å². The fraction of sp³-hybridized carbons (Fsp3) is 0.100. The molecule has 0 unspecified atom stereocenters. The highest BCUT2D eigenvalue weighted by Gasteiger charge is 2.07. The molecular formula is C10H8N2OS. The molecule has 0 N–H and O–H groups in total. The number of ketones is 1. The van der Waals surface area contributed by atoms with Gasteiger partial charge in [0.15, 0.2) is 5.78 Å². The van der Waals surface area contributed by atoms with E-state index in [2.05, 4.69) is 10.2 Å². The minimum atomic E-state index is 0.0855. The molecule has 14 heavy (non-hydrogen) atoms. The van der Waals surface area contributed by atoms with Gasteiger partial charge in [-0.15, -0.1) is 21.5 Å². The van der Waals surface area contributed by atoms with E-state index in [-0.39, 0.29) is 5.78 Å². The fourth-order valence-electron chi connectivity index (χ4n) is 1.14. The minimum absolute atomic E-state index is 0.0855. The third-order valence-electron chi connectivity index (χ3n) is 1.81. The van der Waals surface area contributed by atoms with Crippen LogP contribution in [0.15, 0.2) is 35.8 Å². The van der Waals surface area contributed by atoms with Crippen LogP contribution in [0.2, 0.25) is 0 Å². The predicted molar refractivity (Wildman–Crippen MR) is 54.4 cm³/mol. The standard InChI is InChI=1S/C10H8N2OS/c13-9(6-10-12-11-7-14-10)8-4-2-1-3-5-8/h1-5,7H,6H2. The van der Waals surface area contributed by atoms with Gasteiger partial charge in [-0.05, 0) is 0 Å². The van der Waals surface area contributed by atoms with Crippen LogP contribution in [0.3, 0.4) is 0 Å². The summed E-state index contributed by atoms with van der Waals surface area (Å²) in [5, 5.41) is 8.28. The quantitative estimate of drug-likeness (QED) is 0.718. The maximum absolute atomic E-state index is 11.7. The van der Waals surface area contributed by atoms with Crippen molar-refractivity contribution in [3.05, 3.63) is 46.4 Å². The molecule has 0 atom stereocenters. The molecule has 70 valence electrons. The highest BCUT2D eigenvalue weighted by molar-refractivity contribution is 7.09. The predicted octanol–water partition coefficient (Wildman–Crippen LogP) is 1.96. The summed E-state index contributed by atoms with van der Waals surface area (Å²) in [7, 11) is 0. The number of nitrogens with zero attached hydrogens (tertiary/aromatic N) is 2. The Morgan fingerprint density at radius 1 is 1.29 bits per heavy atom. The highest BCUT2D eigenvalue weighted by atomic mass is 32.1. The Hall–Kier alpha value is -1.55. The molecule has 4 heteroatoms. The third-order valence-corrected chi connectivity index (χ3v) is 2.51. The number of Topliss-reactive ketones (excluding diaryl/α,β-unsaturated/α-hetero) is 1. The van der Waals surface area contributed by atoms with Gasteiger partial charge in [-0.25, -0.2) is 0 Å². The number of hydrogen-bond acceptors (Lipinski definition) is 4. The maximum Gasteiger partial charge on any atom is 0.169 e. The van der Waals surface area contributed by atoms with E-state index in [9.17, 15) is 4.79 Å². The Balaban J connectivity index is 2.11. The monoisotopic (exact) mass is 204 g/mol. The summed E-state index contributed by atoms with van der Waals surface area (Å²) in [5.74, 6) is 0.0855. The van der Waals surface area contributed by atoms with Crippen molar-refractivity contribution in [1.82, 2.24) is 10.2 Å².